The molecule has 3 aromatic rings. The van der Waals surface area contributed by atoms with Crippen LogP contribution in [-0.4, -0.2) is 21.6 Å². The van der Waals surface area contributed by atoms with Gasteiger partial charge in [0.25, 0.3) is 5.56 Å². The lowest BCUT2D eigenvalue weighted by molar-refractivity contribution is 0.407. The number of halogens is 1. The molecule has 0 N–H and O–H groups in total. The number of aromatic nitrogens is 3. The Labute approximate surface area is 138 Å². The molecule has 0 fully saturated rings. The molecular formula is C17H16ClN3O2. The average molecular weight is 330 g/mol. The zero-order valence-electron chi connectivity index (χ0n) is 13.1. The number of rotatable bonds is 3. The number of pyridine rings is 1. The summed E-state index contributed by atoms with van der Waals surface area (Å²) in [5, 5.41) is 0.699. The Morgan fingerprint density at radius 2 is 2.04 bits per heavy atom. The predicted octanol–water partition coefficient (Wildman–Crippen LogP) is 3.12. The van der Waals surface area contributed by atoms with E-state index in [1.165, 1.54) is 6.20 Å². The molecule has 0 saturated heterocycles. The van der Waals surface area contributed by atoms with E-state index in [0.717, 1.165) is 16.9 Å². The number of ether oxygens (including phenoxy) is 1. The number of hydrogen-bond donors (Lipinski definition) is 0. The van der Waals surface area contributed by atoms with Gasteiger partial charge in [0.05, 0.1) is 19.0 Å². The van der Waals surface area contributed by atoms with Crippen LogP contribution in [0.2, 0.25) is 5.15 Å². The minimum Gasteiger partial charge on any atom is -0.496 e. The standard InChI is InChI=1S/C17H16ClN3O2/c1-10-4-5-12(14(8-10)23-3)9-21-11(2)20-15-13(17(21)22)6-7-19-16(15)18/h4-8H,9H2,1-3H3. The molecule has 0 bridgehead atoms. The van der Waals surface area contributed by atoms with Crippen molar-refractivity contribution in [3.05, 3.63) is 62.9 Å². The third-order valence-electron chi connectivity index (χ3n) is 3.79. The summed E-state index contributed by atoms with van der Waals surface area (Å²) in [6, 6.07) is 7.54. The molecule has 118 valence electrons. The molecular weight excluding hydrogens is 314 g/mol. The van der Waals surface area contributed by atoms with Gasteiger partial charge in [0.15, 0.2) is 5.15 Å². The molecule has 5 nitrogen and oxygen atoms in total. The van der Waals surface area contributed by atoms with Crippen LogP contribution in [0.15, 0.2) is 35.3 Å². The van der Waals surface area contributed by atoms with Gasteiger partial charge in [0.2, 0.25) is 0 Å². The molecule has 6 heteroatoms. The van der Waals surface area contributed by atoms with Gasteiger partial charge >= 0.3 is 0 Å². The van der Waals surface area contributed by atoms with Gasteiger partial charge in [-0.05, 0) is 31.5 Å². The quantitative estimate of drug-likeness (QED) is 0.693. The molecule has 2 aromatic heterocycles. The Balaban J connectivity index is 2.16. The Hall–Kier alpha value is -2.40. The summed E-state index contributed by atoms with van der Waals surface area (Å²) in [6.45, 7) is 4.16. The van der Waals surface area contributed by atoms with Crippen LogP contribution in [0, 0.1) is 13.8 Å². The second kappa shape index (κ2) is 6.01. The van der Waals surface area contributed by atoms with Crippen LogP contribution in [-0.2, 0) is 6.54 Å². The first-order valence-electron chi connectivity index (χ1n) is 7.16. The van der Waals surface area contributed by atoms with Crippen LogP contribution in [0.25, 0.3) is 10.9 Å². The van der Waals surface area contributed by atoms with Crippen LogP contribution in [0.3, 0.4) is 0 Å². The van der Waals surface area contributed by atoms with Crippen molar-refractivity contribution in [3.8, 4) is 5.75 Å². The van der Waals surface area contributed by atoms with Crippen molar-refractivity contribution in [2.24, 2.45) is 0 Å². The van der Waals surface area contributed by atoms with Crippen molar-refractivity contribution >= 4 is 22.5 Å². The molecule has 0 spiro atoms. The maximum absolute atomic E-state index is 12.8. The smallest absolute Gasteiger partial charge is 0.261 e. The van der Waals surface area contributed by atoms with Crippen LogP contribution in [0.4, 0.5) is 0 Å². The second-order valence-electron chi connectivity index (χ2n) is 5.36. The number of benzene rings is 1. The minimum atomic E-state index is -0.139. The number of nitrogens with zero attached hydrogens (tertiary/aromatic N) is 3. The summed E-state index contributed by atoms with van der Waals surface area (Å²) in [5.74, 6) is 1.34. The molecule has 0 amide bonds. The van der Waals surface area contributed by atoms with Gasteiger partial charge in [-0.2, -0.15) is 0 Å². The van der Waals surface area contributed by atoms with Gasteiger partial charge in [-0.25, -0.2) is 9.97 Å². The van der Waals surface area contributed by atoms with Gasteiger partial charge in [-0.1, -0.05) is 23.7 Å². The van der Waals surface area contributed by atoms with Crippen LogP contribution in [0.1, 0.15) is 17.0 Å². The minimum absolute atomic E-state index is 0.139. The molecule has 0 unspecified atom stereocenters. The number of fused-ring (bicyclic) bond motifs is 1. The molecule has 3 rings (SSSR count). The van der Waals surface area contributed by atoms with Crippen LogP contribution < -0.4 is 10.3 Å². The largest absolute Gasteiger partial charge is 0.496 e. The van der Waals surface area contributed by atoms with E-state index < -0.39 is 0 Å². The SMILES string of the molecule is COc1cc(C)ccc1Cn1c(C)nc2c(Cl)nccc2c1=O. The van der Waals surface area contributed by atoms with E-state index in [1.54, 1.807) is 24.7 Å². The monoisotopic (exact) mass is 329 g/mol. The number of aryl methyl sites for hydroxylation is 2. The lowest BCUT2D eigenvalue weighted by atomic mass is 10.1. The third kappa shape index (κ3) is 2.80. The van der Waals surface area contributed by atoms with Gasteiger partial charge in [0.1, 0.15) is 17.1 Å². The van der Waals surface area contributed by atoms with E-state index >= 15 is 0 Å². The number of methoxy groups -OCH3 is 1. The van der Waals surface area contributed by atoms with E-state index in [1.807, 2.05) is 25.1 Å². The molecule has 23 heavy (non-hydrogen) atoms. The van der Waals surface area contributed by atoms with Crippen molar-refractivity contribution < 1.29 is 4.74 Å². The van der Waals surface area contributed by atoms with E-state index in [-0.39, 0.29) is 10.7 Å². The van der Waals surface area contributed by atoms with Crippen molar-refractivity contribution in [1.29, 1.82) is 0 Å². The van der Waals surface area contributed by atoms with Crippen molar-refractivity contribution in [1.82, 2.24) is 14.5 Å². The molecule has 0 saturated carbocycles. The fraction of sp³-hybridized carbons (Fsp3) is 0.235. The molecule has 2 heterocycles. The first kappa shape index (κ1) is 15.5. The zero-order valence-corrected chi connectivity index (χ0v) is 13.9. The lowest BCUT2D eigenvalue weighted by Crippen LogP contribution is -2.25. The summed E-state index contributed by atoms with van der Waals surface area (Å²) in [4.78, 5) is 21.2. The highest BCUT2D eigenvalue weighted by molar-refractivity contribution is 6.33. The number of hydrogen-bond acceptors (Lipinski definition) is 4. The fourth-order valence-electron chi connectivity index (χ4n) is 2.56. The molecule has 0 radical (unpaired) electrons. The maximum Gasteiger partial charge on any atom is 0.261 e. The van der Waals surface area contributed by atoms with Gasteiger partial charge in [0, 0.05) is 11.8 Å². The first-order valence-corrected chi connectivity index (χ1v) is 7.54. The van der Waals surface area contributed by atoms with Crippen molar-refractivity contribution in [3.63, 3.8) is 0 Å². The van der Waals surface area contributed by atoms with E-state index in [4.69, 9.17) is 16.3 Å². The van der Waals surface area contributed by atoms with Crippen molar-refractivity contribution in [2.75, 3.05) is 7.11 Å². The molecule has 0 atom stereocenters. The highest BCUT2D eigenvalue weighted by atomic mass is 35.5. The average Bonchev–Trinajstić information content (AvgIpc) is 2.53. The summed E-state index contributed by atoms with van der Waals surface area (Å²) < 4.78 is 7.03. The summed E-state index contributed by atoms with van der Waals surface area (Å²) in [7, 11) is 1.62. The van der Waals surface area contributed by atoms with E-state index in [0.29, 0.717) is 23.3 Å². The van der Waals surface area contributed by atoms with Crippen LogP contribution in [0.5, 0.6) is 5.75 Å². The topological polar surface area (TPSA) is 57.0 Å². The van der Waals surface area contributed by atoms with Gasteiger partial charge in [-0.3, -0.25) is 9.36 Å². The maximum atomic E-state index is 12.8. The fourth-order valence-corrected chi connectivity index (χ4v) is 2.76. The summed E-state index contributed by atoms with van der Waals surface area (Å²) >= 11 is 6.04. The normalized spacial score (nSPS) is 11.0. The van der Waals surface area contributed by atoms with Gasteiger partial charge in [-0.15, -0.1) is 0 Å². The molecule has 1 aromatic carbocycles. The molecule has 0 aliphatic heterocycles. The second-order valence-corrected chi connectivity index (χ2v) is 5.72. The highest BCUT2D eigenvalue weighted by Gasteiger charge is 2.13. The Kier molecular flexibility index (Phi) is 4.05. The molecule has 0 aliphatic rings. The van der Waals surface area contributed by atoms with Gasteiger partial charge < -0.3 is 4.74 Å². The Bertz CT molecular complexity index is 950. The van der Waals surface area contributed by atoms with Crippen LogP contribution >= 0.6 is 11.6 Å². The first-order chi connectivity index (χ1) is 11.0. The summed E-state index contributed by atoms with van der Waals surface area (Å²) in [6.07, 6.45) is 1.51. The Morgan fingerprint density at radius 3 is 2.78 bits per heavy atom. The highest BCUT2D eigenvalue weighted by Crippen LogP contribution is 2.22. The Morgan fingerprint density at radius 1 is 1.26 bits per heavy atom. The molecule has 0 aliphatic carbocycles. The van der Waals surface area contributed by atoms with E-state index in [2.05, 4.69) is 9.97 Å². The zero-order chi connectivity index (χ0) is 16.6. The summed E-state index contributed by atoms with van der Waals surface area (Å²) in [5.41, 5.74) is 2.32. The van der Waals surface area contributed by atoms with E-state index in [9.17, 15) is 4.79 Å². The third-order valence-corrected chi connectivity index (χ3v) is 4.07. The predicted molar refractivity (Wildman–Crippen MR) is 90.4 cm³/mol. The lowest BCUT2D eigenvalue weighted by Gasteiger charge is -2.14. The van der Waals surface area contributed by atoms with Crippen molar-refractivity contribution in [2.45, 2.75) is 20.4 Å².